The second kappa shape index (κ2) is 5.80. The van der Waals surface area contributed by atoms with E-state index in [1.165, 1.54) is 12.1 Å². The molecule has 0 fully saturated rings. The van der Waals surface area contributed by atoms with Crippen LogP contribution >= 0.6 is 11.3 Å². The molecule has 0 spiro atoms. The van der Waals surface area contributed by atoms with Gasteiger partial charge in [-0.05, 0) is 32.0 Å². The monoisotopic (exact) mass is 290 g/mol. The summed E-state index contributed by atoms with van der Waals surface area (Å²) in [6, 6.07) is 6.02. The molecule has 0 unspecified atom stereocenters. The molecule has 0 amide bonds. The van der Waals surface area contributed by atoms with Crippen LogP contribution in [-0.4, -0.2) is 17.6 Å². The van der Waals surface area contributed by atoms with Crippen LogP contribution in [0.3, 0.4) is 0 Å². The molecule has 1 aromatic carbocycles. The normalized spacial score (nSPS) is 10.1. The number of carbonyl (C=O) groups excluding carboxylic acids is 1. The highest BCUT2D eigenvalue weighted by molar-refractivity contribution is 7.17. The third-order valence-corrected chi connectivity index (χ3v) is 3.76. The van der Waals surface area contributed by atoms with Crippen LogP contribution in [0.2, 0.25) is 0 Å². The van der Waals surface area contributed by atoms with E-state index < -0.39 is 11.8 Å². The number of benzene rings is 1. The Labute approximate surface area is 119 Å². The van der Waals surface area contributed by atoms with Crippen LogP contribution in [0.25, 0.3) is 10.6 Å². The molecule has 0 aliphatic heterocycles. The first kappa shape index (κ1) is 14.2. The number of rotatable bonds is 3. The summed E-state index contributed by atoms with van der Waals surface area (Å²) < 4.78 is 18.8. The fraction of sp³-hybridized carbons (Fsp3) is 0.214. The Kier molecular flexibility index (Phi) is 4.11. The summed E-state index contributed by atoms with van der Waals surface area (Å²) in [7, 11) is 0. The number of aryl methyl sites for hydroxylation is 1. The van der Waals surface area contributed by atoms with Gasteiger partial charge in [-0.2, -0.15) is 5.26 Å². The topological polar surface area (TPSA) is 63.0 Å². The van der Waals surface area contributed by atoms with Crippen molar-refractivity contribution >= 4 is 17.3 Å². The van der Waals surface area contributed by atoms with E-state index in [-0.39, 0.29) is 17.7 Å². The van der Waals surface area contributed by atoms with Crippen molar-refractivity contribution in [1.82, 2.24) is 4.98 Å². The number of thiazole rings is 1. The molecule has 0 aliphatic rings. The summed E-state index contributed by atoms with van der Waals surface area (Å²) in [5, 5.41) is 9.11. The highest BCUT2D eigenvalue weighted by atomic mass is 32.1. The first-order valence-electron chi connectivity index (χ1n) is 5.91. The zero-order valence-electron chi connectivity index (χ0n) is 10.9. The Hall–Kier alpha value is -2.26. The summed E-state index contributed by atoms with van der Waals surface area (Å²) in [6.45, 7) is 3.67. The van der Waals surface area contributed by atoms with Crippen LogP contribution < -0.4 is 0 Å². The van der Waals surface area contributed by atoms with Gasteiger partial charge in [0.25, 0.3) is 0 Å². The minimum Gasteiger partial charge on any atom is -0.462 e. The van der Waals surface area contributed by atoms with E-state index >= 15 is 0 Å². The first-order chi connectivity index (χ1) is 9.56. The summed E-state index contributed by atoms with van der Waals surface area (Å²) >= 11 is 1.08. The maximum atomic E-state index is 13.9. The van der Waals surface area contributed by atoms with Crippen LogP contribution in [0.15, 0.2) is 18.2 Å². The fourth-order valence-electron chi connectivity index (χ4n) is 1.66. The minimum atomic E-state index is -0.534. The van der Waals surface area contributed by atoms with Gasteiger partial charge in [-0.15, -0.1) is 11.3 Å². The van der Waals surface area contributed by atoms with Gasteiger partial charge in [0.15, 0.2) is 0 Å². The Morgan fingerprint density at radius 1 is 1.55 bits per heavy atom. The molecule has 0 atom stereocenters. The average molecular weight is 290 g/mol. The summed E-state index contributed by atoms with van der Waals surface area (Å²) in [5.41, 5.74) is 1.02. The van der Waals surface area contributed by atoms with Crippen LogP contribution in [-0.2, 0) is 4.74 Å². The maximum Gasteiger partial charge on any atom is 0.350 e. The maximum absolute atomic E-state index is 13.9. The molecule has 4 nitrogen and oxygen atoms in total. The number of nitriles is 1. The lowest BCUT2D eigenvalue weighted by atomic mass is 10.1. The smallest absolute Gasteiger partial charge is 0.350 e. The predicted octanol–water partition coefficient (Wildman–Crippen LogP) is 3.31. The molecule has 0 saturated heterocycles. The van der Waals surface area contributed by atoms with E-state index in [4.69, 9.17) is 10.00 Å². The van der Waals surface area contributed by atoms with Crippen molar-refractivity contribution in [2.75, 3.05) is 6.61 Å². The number of carbonyl (C=O) groups is 1. The van der Waals surface area contributed by atoms with Crippen LogP contribution in [0.5, 0.6) is 0 Å². The molecule has 0 aliphatic carbocycles. The lowest BCUT2D eigenvalue weighted by Gasteiger charge is -1.99. The van der Waals surface area contributed by atoms with E-state index in [1.807, 2.05) is 6.07 Å². The molecular formula is C14H11FN2O2S. The quantitative estimate of drug-likeness (QED) is 0.814. The molecular weight excluding hydrogens is 279 g/mol. The minimum absolute atomic E-state index is 0.241. The summed E-state index contributed by atoms with van der Waals surface area (Å²) in [5.74, 6) is -0.990. The van der Waals surface area contributed by atoms with Crippen LogP contribution in [0.4, 0.5) is 4.39 Å². The molecule has 20 heavy (non-hydrogen) atoms. The second-order valence-electron chi connectivity index (χ2n) is 3.96. The molecule has 0 saturated carbocycles. The van der Waals surface area contributed by atoms with Crippen molar-refractivity contribution in [2.24, 2.45) is 0 Å². The zero-order valence-corrected chi connectivity index (χ0v) is 11.8. The lowest BCUT2D eigenvalue weighted by molar-refractivity contribution is 0.0531. The Morgan fingerprint density at radius 2 is 2.30 bits per heavy atom. The average Bonchev–Trinajstić information content (AvgIpc) is 2.80. The van der Waals surface area contributed by atoms with Gasteiger partial charge < -0.3 is 4.74 Å². The molecule has 1 aromatic heterocycles. The molecule has 0 radical (unpaired) electrons. The number of hydrogen-bond acceptors (Lipinski definition) is 5. The van der Waals surface area contributed by atoms with Gasteiger partial charge in [-0.3, -0.25) is 0 Å². The van der Waals surface area contributed by atoms with E-state index in [1.54, 1.807) is 13.8 Å². The molecule has 6 heteroatoms. The third-order valence-electron chi connectivity index (χ3n) is 2.59. The second-order valence-corrected chi connectivity index (χ2v) is 4.96. The number of halogens is 1. The van der Waals surface area contributed by atoms with E-state index in [0.717, 1.165) is 17.4 Å². The Bertz CT molecular complexity index is 704. The Morgan fingerprint density at radius 3 is 2.90 bits per heavy atom. The largest absolute Gasteiger partial charge is 0.462 e. The van der Waals surface area contributed by atoms with Crippen molar-refractivity contribution in [3.05, 3.63) is 40.2 Å². The van der Waals surface area contributed by atoms with Crippen molar-refractivity contribution < 1.29 is 13.9 Å². The van der Waals surface area contributed by atoms with E-state index in [2.05, 4.69) is 4.98 Å². The third kappa shape index (κ3) is 2.68. The highest BCUT2D eigenvalue weighted by Gasteiger charge is 2.18. The number of nitrogens with zero attached hydrogens (tertiary/aromatic N) is 2. The van der Waals surface area contributed by atoms with Gasteiger partial charge in [-0.25, -0.2) is 14.2 Å². The van der Waals surface area contributed by atoms with Crippen molar-refractivity contribution in [3.8, 4) is 16.6 Å². The fourth-order valence-corrected chi connectivity index (χ4v) is 2.64. The van der Waals surface area contributed by atoms with E-state index in [0.29, 0.717) is 15.6 Å². The predicted molar refractivity (Wildman–Crippen MR) is 72.9 cm³/mol. The highest BCUT2D eigenvalue weighted by Crippen LogP contribution is 2.30. The van der Waals surface area contributed by atoms with Crippen LogP contribution in [0, 0.1) is 24.1 Å². The van der Waals surface area contributed by atoms with Gasteiger partial charge in [0.1, 0.15) is 15.7 Å². The zero-order chi connectivity index (χ0) is 14.7. The molecule has 0 N–H and O–H groups in total. The van der Waals surface area contributed by atoms with Gasteiger partial charge in [0.05, 0.1) is 23.9 Å². The number of aromatic nitrogens is 1. The van der Waals surface area contributed by atoms with E-state index in [9.17, 15) is 9.18 Å². The SMILES string of the molecule is CCOC(=O)c1sc(-c2ccc(C#N)cc2F)nc1C. The lowest BCUT2D eigenvalue weighted by Crippen LogP contribution is -2.03. The van der Waals surface area contributed by atoms with Gasteiger partial charge in [0, 0.05) is 5.56 Å². The number of hydrogen-bond donors (Lipinski definition) is 0. The molecule has 102 valence electrons. The van der Waals surface area contributed by atoms with Crippen molar-refractivity contribution in [3.63, 3.8) is 0 Å². The number of esters is 1. The van der Waals surface area contributed by atoms with Crippen molar-refractivity contribution in [1.29, 1.82) is 5.26 Å². The summed E-state index contributed by atoms with van der Waals surface area (Å²) in [4.78, 5) is 16.3. The Balaban J connectivity index is 2.42. The van der Waals surface area contributed by atoms with Gasteiger partial charge in [-0.1, -0.05) is 0 Å². The van der Waals surface area contributed by atoms with Crippen molar-refractivity contribution in [2.45, 2.75) is 13.8 Å². The molecule has 1 heterocycles. The molecule has 0 bridgehead atoms. The first-order valence-corrected chi connectivity index (χ1v) is 6.73. The van der Waals surface area contributed by atoms with Gasteiger partial charge in [0.2, 0.25) is 0 Å². The molecule has 2 rings (SSSR count). The number of ether oxygens (including phenoxy) is 1. The molecule has 2 aromatic rings. The van der Waals surface area contributed by atoms with Crippen LogP contribution in [0.1, 0.15) is 27.9 Å². The van der Waals surface area contributed by atoms with Gasteiger partial charge >= 0.3 is 5.97 Å². The standard InChI is InChI=1S/C14H11FN2O2S/c1-3-19-14(18)12-8(2)17-13(20-12)10-5-4-9(7-16)6-11(10)15/h4-6H,3H2,1-2H3. The summed E-state index contributed by atoms with van der Waals surface area (Å²) in [6.07, 6.45) is 0.